The van der Waals surface area contributed by atoms with Gasteiger partial charge in [-0.15, -0.1) is 11.3 Å². The number of hydrazone groups is 1. The molecule has 1 amide bonds. The molecule has 2 aromatic rings. The van der Waals surface area contributed by atoms with Crippen molar-refractivity contribution in [1.29, 1.82) is 0 Å². The third-order valence-corrected chi connectivity index (χ3v) is 6.60. The van der Waals surface area contributed by atoms with Gasteiger partial charge in [0.25, 0.3) is 5.56 Å². The van der Waals surface area contributed by atoms with Crippen molar-refractivity contribution < 1.29 is 4.79 Å². The number of carbonyl (C=O) groups excluding carboxylic acids is 1. The summed E-state index contributed by atoms with van der Waals surface area (Å²) in [7, 11) is 0. The lowest BCUT2D eigenvalue weighted by Crippen LogP contribution is -2.31. The second kappa shape index (κ2) is 7.92. The van der Waals surface area contributed by atoms with Crippen LogP contribution in [0.3, 0.4) is 0 Å². The summed E-state index contributed by atoms with van der Waals surface area (Å²) in [6.07, 6.45) is 3.27. The largest absolute Gasteiger partial charge is 0.309 e. The monoisotopic (exact) mass is 388 g/mol. The number of fused-ring (bicyclic) bond motifs is 1. The predicted octanol–water partition coefficient (Wildman–Crippen LogP) is 3.71. The van der Waals surface area contributed by atoms with Gasteiger partial charge in [-0.2, -0.15) is 5.10 Å². The topological polar surface area (TPSA) is 87.2 Å². The molecule has 2 N–H and O–H groups in total. The maximum absolute atomic E-state index is 12.4. The van der Waals surface area contributed by atoms with Gasteiger partial charge in [0, 0.05) is 16.5 Å². The minimum absolute atomic E-state index is 0.0137. The van der Waals surface area contributed by atoms with E-state index in [4.69, 9.17) is 0 Å². The minimum atomic E-state index is -0.254. The summed E-state index contributed by atoms with van der Waals surface area (Å²) in [4.78, 5) is 33.6. The maximum Gasteiger partial charge on any atom is 0.259 e. The van der Waals surface area contributed by atoms with Crippen molar-refractivity contribution in [1.82, 2.24) is 15.4 Å². The number of aromatic amines is 1. The van der Waals surface area contributed by atoms with E-state index in [1.54, 1.807) is 0 Å². The fraction of sp³-hybridized carbons (Fsp3) is 0.600. The summed E-state index contributed by atoms with van der Waals surface area (Å²) >= 11 is 1.48. The second-order valence-corrected chi connectivity index (χ2v) is 9.23. The first kappa shape index (κ1) is 19.7. The van der Waals surface area contributed by atoms with E-state index in [9.17, 15) is 9.59 Å². The molecule has 1 aliphatic rings. The Bertz CT molecular complexity index is 941. The van der Waals surface area contributed by atoms with Crippen LogP contribution in [0.25, 0.3) is 10.2 Å². The van der Waals surface area contributed by atoms with E-state index in [0.717, 1.165) is 29.0 Å². The Morgan fingerprint density at radius 3 is 2.81 bits per heavy atom. The number of hydrogen-bond donors (Lipinski definition) is 2. The summed E-state index contributed by atoms with van der Waals surface area (Å²) in [6.45, 7) is 10.5. The highest BCUT2D eigenvalue weighted by molar-refractivity contribution is 7.18. The van der Waals surface area contributed by atoms with Gasteiger partial charge < -0.3 is 4.98 Å². The van der Waals surface area contributed by atoms with E-state index in [1.807, 2.05) is 13.8 Å². The number of amides is 1. The fourth-order valence-electron chi connectivity index (χ4n) is 3.80. The number of hydrogen-bond acceptors (Lipinski definition) is 5. The van der Waals surface area contributed by atoms with Crippen LogP contribution in [0.2, 0.25) is 0 Å². The average molecular weight is 389 g/mol. The summed E-state index contributed by atoms with van der Waals surface area (Å²) in [6, 6.07) is 0. The van der Waals surface area contributed by atoms with Crippen LogP contribution in [0.4, 0.5) is 0 Å². The van der Waals surface area contributed by atoms with E-state index in [0.29, 0.717) is 33.8 Å². The predicted molar refractivity (Wildman–Crippen MR) is 110 cm³/mol. The van der Waals surface area contributed by atoms with Gasteiger partial charge in [0.05, 0.1) is 11.8 Å². The molecule has 0 bridgehead atoms. The molecular weight excluding hydrogens is 360 g/mol. The molecule has 2 aromatic heterocycles. The number of aromatic nitrogens is 2. The van der Waals surface area contributed by atoms with Crippen LogP contribution in [0, 0.1) is 31.6 Å². The van der Waals surface area contributed by atoms with Crippen LogP contribution >= 0.6 is 11.3 Å². The summed E-state index contributed by atoms with van der Waals surface area (Å²) in [5, 5.41) is 5.06. The van der Waals surface area contributed by atoms with E-state index in [1.165, 1.54) is 17.8 Å². The molecule has 2 atom stereocenters. The van der Waals surface area contributed by atoms with Crippen LogP contribution in [0.5, 0.6) is 0 Å². The molecule has 2 heterocycles. The molecule has 1 fully saturated rings. The van der Waals surface area contributed by atoms with Gasteiger partial charge in [-0.3, -0.25) is 9.59 Å². The molecule has 6 nitrogen and oxygen atoms in total. The number of nitrogens with one attached hydrogen (secondary N) is 2. The van der Waals surface area contributed by atoms with Gasteiger partial charge >= 0.3 is 0 Å². The first-order valence-electron chi connectivity index (χ1n) is 9.60. The molecular formula is C20H28N4O2S. The van der Waals surface area contributed by atoms with E-state index < -0.39 is 0 Å². The Kier molecular flexibility index (Phi) is 5.79. The number of thiophene rings is 1. The Morgan fingerprint density at radius 2 is 2.11 bits per heavy atom. The molecule has 146 valence electrons. The molecule has 1 aliphatic carbocycles. The fourth-order valence-corrected chi connectivity index (χ4v) is 4.85. The molecule has 7 heteroatoms. The van der Waals surface area contributed by atoms with E-state index >= 15 is 0 Å². The minimum Gasteiger partial charge on any atom is -0.309 e. The zero-order valence-electron chi connectivity index (χ0n) is 16.7. The van der Waals surface area contributed by atoms with E-state index in [2.05, 4.69) is 41.3 Å². The van der Waals surface area contributed by atoms with Gasteiger partial charge in [0.1, 0.15) is 10.7 Å². The lowest BCUT2D eigenvalue weighted by molar-refractivity contribution is -0.120. The van der Waals surface area contributed by atoms with Gasteiger partial charge in [-0.05, 0) is 50.5 Å². The number of H-pyrrole nitrogens is 1. The SMILES string of the molecule is Cc1sc2nc(CC(=O)NN=C3C[C@@H](C)CC[C@@H]3C(C)C)[nH]c(=O)c2c1C. The molecule has 0 aliphatic heterocycles. The highest BCUT2D eigenvalue weighted by atomic mass is 32.1. The number of nitrogens with zero attached hydrogens (tertiary/aromatic N) is 2. The zero-order chi connectivity index (χ0) is 19.7. The Morgan fingerprint density at radius 1 is 1.37 bits per heavy atom. The van der Waals surface area contributed by atoms with Crippen LogP contribution in [-0.2, 0) is 11.2 Å². The molecule has 0 unspecified atom stereocenters. The van der Waals surface area contributed by atoms with Crippen molar-refractivity contribution in [3.63, 3.8) is 0 Å². The Hall–Kier alpha value is -2.02. The molecule has 0 radical (unpaired) electrons. The number of carbonyl (C=O) groups is 1. The third kappa shape index (κ3) is 4.29. The normalized spacial score (nSPS) is 21.9. The zero-order valence-corrected chi connectivity index (χ0v) is 17.5. The smallest absolute Gasteiger partial charge is 0.259 e. The lowest BCUT2D eigenvalue weighted by atomic mass is 9.76. The third-order valence-electron chi connectivity index (χ3n) is 5.50. The molecule has 0 aromatic carbocycles. The number of rotatable bonds is 4. The summed E-state index contributed by atoms with van der Waals surface area (Å²) < 4.78 is 0. The highest BCUT2D eigenvalue weighted by Crippen LogP contribution is 2.31. The van der Waals surface area contributed by atoms with Gasteiger partial charge in [0.15, 0.2) is 0 Å². The van der Waals surface area contributed by atoms with Crippen LogP contribution < -0.4 is 11.0 Å². The molecule has 0 spiro atoms. The first-order valence-corrected chi connectivity index (χ1v) is 10.4. The lowest BCUT2D eigenvalue weighted by Gasteiger charge is -2.30. The Labute approximate surface area is 163 Å². The molecule has 1 saturated carbocycles. The van der Waals surface area contributed by atoms with Gasteiger partial charge in [-0.25, -0.2) is 10.4 Å². The van der Waals surface area contributed by atoms with Gasteiger partial charge in [-0.1, -0.05) is 20.8 Å². The average Bonchev–Trinajstić information content (AvgIpc) is 2.87. The van der Waals surface area contributed by atoms with Gasteiger partial charge in [0.2, 0.25) is 5.91 Å². The summed E-state index contributed by atoms with van der Waals surface area (Å²) in [5.41, 5.74) is 4.54. The van der Waals surface area contributed by atoms with E-state index in [-0.39, 0.29) is 17.9 Å². The van der Waals surface area contributed by atoms with Crippen LogP contribution in [0.15, 0.2) is 9.90 Å². The van der Waals surface area contributed by atoms with Crippen LogP contribution in [-0.4, -0.2) is 21.6 Å². The van der Waals surface area contributed by atoms with Crippen molar-refractivity contribution in [2.75, 3.05) is 0 Å². The van der Waals surface area contributed by atoms with Crippen molar-refractivity contribution in [3.8, 4) is 0 Å². The van der Waals surface area contributed by atoms with Crippen molar-refractivity contribution in [2.45, 2.75) is 60.3 Å². The molecule has 27 heavy (non-hydrogen) atoms. The van der Waals surface area contributed by atoms with Crippen LogP contribution in [0.1, 0.15) is 56.3 Å². The second-order valence-electron chi connectivity index (χ2n) is 8.03. The quantitative estimate of drug-likeness (QED) is 0.783. The summed E-state index contributed by atoms with van der Waals surface area (Å²) in [5.74, 6) is 1.66. The molecule has 3 rings (SSSR count). The van der Waals surface area contributed by atoms with Crippen molar-refractivity contribution >= 4 is 33.2 Å². The van der Waals surface area contributed by atoms with Crippen molar-refractivity contribution in [2.24, 2.45) is 22.9 Å². The Balaban J connectivity index is 1.74. The first-order chi connectivity index (χ1) is 12.8. The highest BCUT2D eigenvalue weighted by Gasteiger charge is 2.27. The standard InChI is InChI=1S/C20H28N4O2S/c1-10(2)14-7-6-11(3)8-15(14)23-24-17(25)9-16-21-19(26)18-12(4)13(5)27-20(18)22-16/h10-11,14H,6-9H2,1-5H3,(H,24,25)(H,21,22,26)/t11-,14+/m0/s1. The molecule has 0 saturated heterocycles. The number of aryl methyl sites for hydroxylation is 2. The maximum atomic E-state index is 12.4. The van der Waals surface area contributed by atoms with Crippen molar-refractivity contribution in [3.05, 3.63) is 26.6 Å².